The fourth-order valence-corrected chi connectivity index (χ4v) is 4.99. The lowest BCUT2D eigenvalue weighted by atomic mass is 10.1. The number of fused-ring (bicyclic) bond motifs is 1. The van der Waals surface area contributed by atoms with Crippen LogP contribution in [0.2, 0.25) is 0 Å². The van der Waals surface area contributed by atoms with Gasteiger partial charge in [-0.3, -0.25) is 9.20 Å². The standard InChI is InChI=1S/C28H26F5N5O2/c1-17-16-36(11-12-37(17)21-4-6-22(7-5-21)40-28(31,32)33)24-8-3-19(13-23(24)30)15-34-27(39)26-18(2)35-25-14-20(29)9-10-38(25)26/h3-10,13-14,17H,11-12,15-16H2,1-2H3,(H,34,39)/t17-/m0/s1. The molecule has 1 fully saturated rings. The molecular formula is C28H26F5N5O2. The summed E-state index contributed by atoms with van der Waals surface area (Å²) in [5.41, 5.74) is 2.79. The van der Waals surface area contributed by atoms with Crippen LogP contribution in [0.1, 0.15) is 28.7 Å². The Bertz CT molecular complexity index is 1540. The van der Waals surface area contributed by atoms with E-state index in [1.165, 1.54) is 40.9 Å². The van der Waals surface area contributed by atoms with E-state index in [9.17, 15) is 22.4 Å². The maximum atomic E-state index is 15.1. The fourth-order valence-electron chi connectivity index (χ4n) is 4.99. The highest BCUT2D eigenvalue weighted by molar-refractivity contribution is 5.94. The molecule has 5 rings (SSSR count). The number of benzene rings is 2. The Kier molecular flexibility index (Phi) is 7.26. The van der Waals surface area contributed by atoms with E-state index in [0.29, 0.717) is 42.2 Å². The summed E-state index contributed by atoms with van der Waals surface area (Å²) in [6, 6.07) is 12.9. The lowest BCUT2D eigenvalue weighted by Crippen LogP contribution is -2.52. The van der Waals surface area contributed by atoms with Crippen molar-refractivity contribution in [3.63, 3.8) is 0 Å². The van der Waals surface area contributed by atoms with Crippen molar-refractivity contribution >= 4 is 22.9 Å². The monoisotopic (exact) mass is 559 g/mol. The van der Waals surface area contributed by atoms with Crippen LogP contribution in [0, 0.1) is 18.6 Å². The van der Waals surface area contributed by atoms with Crippen LogP contribution in [-0.4, -0.2) is 47.3 Å². The minimum atomic E-state index is -4.75. The first kappa shape index (κ1) is 27.2. The number of carbonyl (C=O) groups excluding carboxylic acids is 1. The third-order valence-electron chi connectivity index (χ3n) is 6.81. The van der Waals surface area contributed by atoms with Crippen molar-refractivity contribution in [2.75, 3.05) is 29.4 Å². The molecule has 1 N–H and O–H groups in total. The van der Waals surface area contributed by atoms with Crippen molar-refractivity contribution < 1.29 is 31.5 Å². The predicted octanol–water partition coefficient (Wildman–Crippen LogP) is 5.46. The normalized spacial score (nSPS) is 15.9. The SMILES string of the molecule is Cc1nc2cc(F)ccn2c1C(=O)NCc1ccc(N2CCN(c3ccc(OC(F)(F)F)cc3)[C@@H](C)C2)c(F)c1. The molecule has 1 saturated heterocycles. The number of pyridine rings is 1. The van der Waals surface area contributed by atoms with Gasteiger partial charge >= 0.3 is 6.36 Å². The molecule has 0 bridgehead atoms. The van der Waals surface area contributed by atoms with E-state index in [0.717, 1.165) is 5.69 Å². The van der Waals surface area contributed by atoms with Crippen LogP contribution >= 0.6 is 0 Å². The van der Waals surface area contributed by atoms with Crippen LogP contribution in [0.3, 0.4) is 0 Å². The maximum absolute atomic E-state index is 15.1. The number of nitrogens with one attached hydrogen (secondary N) is 1. The summed E-state index contributed by atoms with van der Waals surface area (Å²) in [7, 11) is 0. The van der Waals surface area contributed by atoms with Gasteiger partial charge < -0.3 is 19.9 Å². The Morgan fingerprint density at radius 2 is 1.82 bits per heavy atom. The number of aromatic nitrogens is 2. The van der Waals surface area contributed by atoms with Crippen LogP contribution in [0.5, 0.6) is 5.75 Å². The maximum Gasteiger partial charge on any atom is 0.573 e. The molecule has 0 radical (unpaired) electrons. The molecule has 1 aliphatic rings. The highest BCUT2D eigenvalue weighted by Gasteiger charge is 2.31. The molecule has 40 heavy (non-hydrogen) atoms. The van der Waals surface area contributed by atoms with Gasteiger partial charge in [0.1, 0.15) is 28.7 Å². The van der Waals surface area contributed by atoms with Gasteiger partial charge in [0, 0.05) is 50.2 Å². The van der Waals surface area contributed by atoms with Crippen LogP contribution in [0.25, 0.3) is 5.65 Å². The van der Waals surface area contributed by atoms with E-state index >= 15 is 4.39 Å². The molecule has 0 spiro atoms. The molecule has 2 aromatic carbocycles. The van der Waals surface area contributed by atoms with Gasteiger partial charge in [0.05, 0.1) is 11.4 Å². The zero-order valence-corrected chi connectivity index (χ0v) is 21.7. The molecule has 0 aliphatic carbocycles. The minimum absolute atomic E-state index is 0.0382. The Hall–Kier alpha value is -4.35. The Morgan fingerprint density at radius 3 is 2.50 bits per heavy atom. The first-order chi connectivity index (χ1) is 19.0. The van der Waals surface area contributed by atoms with Gasteiger partial charge in [-0.2, -0.15) is 0 Å². The fraction of sp³-hybridized carbons (Fsp3) is 0.286. The summed E-state index contributed by atoms with van der Waals surface area (Å²) in [4.78, 5) is 21.0. The number of alkyl halides is 3. The molecule has 1 aliphatic heterocycles. The number of imidazole rings is 1. The summed E-state index contributed by atoms with van der Waals surface area (Å²) in [5, 5.41) is 2.77. The van der Waals surface area contributed by atoms with Gasteiger partial charge in [-0.05, 0) is 61.9 Å². The highest BCUT2D eigenvalue weighted by Crippen LogP contribution is 2.29. The van der Waals surface area contributed by atoms with Crippen molar-refractivity contribution in [1.82, 2.24) is 14.7 Å². The van der Waals surface area contributed by atoms with Crippen molar-refractivity contribution in [3.05, 3.63) is 89.4 Å². The second-order valence-corrected chi connectivity index (χ2v) is 9.62. The van der Waals surface area contributed by atoms with Gasteiger partial charge in [0.25, 0.3) is 5.91 Å². The Labute approximate surface area is 226 Å². The van der Waals surface area contributed by atoms with Crippen molar-refractivity contribution in [2.45, 2.75) is 32.8 Å². The Balaban J connectivity index is 1.21. The largest absolute Gasteiger partial charge is 0.573 e. The molecule has 1 atom stereocenters. The summed E-state index contributed by atoms with van der Waals surface area (Å²) in [6.07, 6.45) is -3.31. The summed E-state index contributed by atoms with van der Waals surface area (Å²) in [6.45, 7) is 5.26. The zero-order valence-electron chi connectivity index (χ0n) is 21.7. The van der Waals surface area contributed by atoms with Gasteiger partial charge in [-0.25, -0.2) is 13.8 Å². The van der Waals surface area contributed by atoms with E-state index in [1.807, 2.05) is 16.7 Å². The molecular weight excluding hydrogens is 533 g/mol. The number of carbonyl (C=O) groups is 1. The minimum Gasteiger partial charge on any atom is -0.406 e. The number of piperazine rings is 1. The van der Waals surface area contributed by atoms with E-state index in [2.05, 4.69) is 15.0 Å². The smallest absolute Gasteiger partial charge is 0.406 e. The average Bonchev–Trinajstić information content (AvgIpc) is 3.21. The zero-order chi connectivity index (χ0) is 28.6. The molecule has 12 heteroatoms. The van der Waals surface area contributed by atoms with Crippen LogP contribution in [0.4, 0.5) is 33.3 Å². The number of nitrogens with zero attached hydrogens (tertiary/aromatic N) is 4. The van der Waals surface area contributed by atoms with Crippen molar-refractivity contribution in [3.8, 4) is 5.75 Å². The molecule has 2 aromatic heterocycles. The number of amides is 1. The number of anilines is 2. The third kappa shape index (κ3) is 5.80. The first-order valence-electron chi connectivity index (χ1n) is 12.6. The topological polar surface area (TPSA) is 62.1 Å². The first-order valence-corrected chi connectivity index (χ1v) is 12.6. The predicted molar refractivity (Wildman–Crippen MR) is 140 cm³/mol. The van der Waals surface area contributed by atoms with E-state index in [4.69, 9.17) is 0 Å². The number of hydrogen-bond acceptors (Lipinski definition) is 5. The second-order valence-electron chi connectivity index (χ2n) is 9.62. The summed E-state index contributed by atoms with van der Waals surface area (Å²) >= 11 is 0. The van der Waals surface area contributed by atoms with Crippen LogP contribution in [0.15, 0.2) is 60.8 Å². The quantitative estimate of drug-likeness (QED) is 0.318. The number of aryl methyl sites for hydroxylation is 1. The van der Waals surface area contributed by atoms with Gasteiger partial charge in [0.15, 0.2) is 0 Å². The number of halogens is 5. The van der Waals surface area contributed by atoms with E-state index in [1.54, 1.807) is 31.2 Å². The molecule has 0 unspecified atom stereocenters. The van der Waals surface area contributed by atoms with Crippen LogP contribution in [-0.2, 0) is 6.54 Å². The number of ether oxygens (including phenoxy) is 1. The number of rotatable bonds is 6. The third-order valence-corrected chi connectivity index (χ3v) is 6.81. The molecule has 1 amide bonds. The van der Waals surface area contributed by atoms with E-state index in [-0.39, 0.29) is 24.0 Å². The molecule has 210 valence electrons. The summed E-state index contributed by atoms with van der Waals surface area (Å²) < 4.78 is 71.4. The second kappa shape index (κ2) is 10.7. The lowest BCUT2D eigenvalue weighted by Gasteiger charge is -2.42. The average molecular weight is 560 g/mol. The highest BCUT2D eigenvalue weighted by atomic mass is 19.4. The summed E-state index contributed by atoms with van der Waals surface area (Å²) in [5.74, 6) is -1.58. The van der Waals surface area contributed by atoms with Crippen molar-refractivity contribution in [2.24, 2.45) is 0 Å². The molecule has 3 heterocycles. The Morgan fingerprint density at radius 1 is 1.07 bits per heavy atom. The number of hydrogen-bond donors (Lipinski definition) is 1. The molecule has 4 aromatic rings. The van der Waals surface area contributed by atoms with Gasteiger partial charge in [-0.15, -0.1) is 13.2 Å². The molecule has 0 saturated carbocycles. The lowest BCUT2D eigenvalue weighted by molar-refractivity contribution is -0.274. The van der Waals surface area contributed by atoms with Crippen molar-refractivity contribution in [1.29, 1.82) is 0 Å². The van der Waals surface area contributed by atoms with Gasteiger partial charge in [-0.1, -0.05) is 6.07 Å². The molecule has 7 nitrogen and oxygen atoms in total. The van der Waals surface area contributed by atoms with E-state index < -0.39 is 23.9 Å². The van der Waals surface area contributed by atoms with Crippen LogP contribution < -0.4 is 19.9 Å². The van der Waals surface area contributed by atoms with Gasteiger partial charge in [0.2, 0.25) is 0 Å².